The molecule has 0 saturated carbocycles. The van der Waals surface area contributed by atoms with Crippen molar-refractivity contribution >= 4 is 5.91 Å². The van der Waals surface area contributed by atoms with Crippen molar-refractivity contribution in [2.45, 2.75) is 6.18 Å². The van der Waals surface area contributed by atoms with Crippen LogP contribution in [-0.2, 0) is 11.0 Å². The maximum atomic E-state index is 12.7. The molecule has 25 heavy (non-hydrogen) atoms. The van der Waals surface area contributed by atoms with Crippen LogP contribution >= 0.6 is 0 Å². The van der Waals surface area contributed by atoms with Gasteiger partial charge in [0.2, 0.25) is 5.91 Å². The van der Waals surface area contributed by atoms with Gasteiger partial charge in [0, 0.05) is 46.8 Å². The van der Waals surface area contributed by atoms with E-state index in [4.69, 9.17) is 4.74 Å². The molecule has 1 aromatic rings. The van der Waals surface area contributed by atoms with Gasteiger partial charge >= 0.3 is 6.18 Å². The Bertz CT molecular complexity index is 571. The van der Waals surface area contributed by atoms with Crippen LogP contribution in [0.3, 0.4) is 0 Å². The van der Waals surface area contributed by atoms with Crippen molar-refractivity contribution in [1.82, 2.24) is 14.7 Å². The Labute approximate surface area is 145 Å². The first-order valence-electron chi connectivity index (χ1n) is 8.20. The Balaban J connectivity index is 1.71. The standard InChI is InChI=1S/C17H24F3N3O2/c1-21(2)16(24)13-23-8-6-22(7-9-23)10-11-25-15-5-3-4-14(12-15)17(18,19)20/h3-5,12H,6-11,13H2,1-2H3. The third-order valence-electron chi connectivity index (χ3n) is 4.16. The molecule has 140 valence electrons. The fourth-order valence-corrected chi connectivity index (χ4v) is 2.56. The molecule has 5 nitrogen and oxygen atoms in total. The minimum Gasteiger partial charge on any atom is -0.492 e. The van der Waals surface area contributed by atoms with Gasteiger partial charge in [-0.2, -0.15) is 13.2 Å². The van der Waals surface area contributed by atoms with E-state index in [9.17, 15) is 18.0 Å². The van der Waals surface area contributed by atoms with E-state index in [2.05, 4.69) is 9.80 Å². The number of benzene rings is 1. The van der Waals surface area contributed by atoms with Crippen LogP contribution < -0.4 is 4.74 Å². The molecule has 8 heteroatoms. The molecule has 0 atom stereocenters. The maximum absolute atomic E-state index is 12.7. The van der Waals surface area contributed by atoms with Gasteiger partial charge in [0.05, 0.1) is 12.1 Å². The highest BCUT2D eigenvalue weighted by Gasteiger charge is 2.30. The Hall–Kier alpha value is -1.80. The minimum atomic E-state index is -4.36. The Kier molecular flexibility index (Phi) is 6.66. The number of carbonyl (C=O) groups is 1. The molecule has 0 N–H and O–H groups in total. The average Bonchev–Trinajstić information content (AvgIpc) is 2.56. The highest BCUT2D eigenvalue weighted by molar-refractivity contribution is 5.77. The third kappa shape index (κ3) is 6.21. The Morgan fingerprint density at radius 3 is 2.40 bits per heavy atom. The van der Waals surface area contributed by atoms with Gasteiger partial charge in [-0.25, -0.2) is 0 Å². The summed E-state index contributed by atoms with van der Waals surface area (Å²) < 4.78 is 43.4. The lowest BCUT2D eigenvalue weighted by atomic mass is 10.2. The number of likely N-dealkylation sites (N-methyl/N-ethyl adjacent to an activating group) is 1. The molecule has 1 fully saturated rings. The van der Waals surface area contributed by atoms with Gasteiger partial charge in [-0.3, -0.25) is 14.6 Å². The summed E-state index contributed by atoms with van der Waals surface area (Å²) in [5, 5.41) is 0. The summed E-state index contributed by atoms with van der Waals surface area (Å²) >= 11 is 0. The SMILES string of the molecule is CN(C)C(=O)CN1CCN(CCOc2cccc(C(F)(F)F)c2)CC1. The van der Waals surface area contributed by atoms with E-state index in [0.717, 1.165) is 38.3 Å². The van der Waals surface area contributed by atoms with Crippen LogP contribution in [0, 0.1) is 0 Å². The average molecular weight is 359 g/mol. The molecular formula is C17H24F3N3O2. The van der Waals surface area contributed by atoms with Gasteiger partial charge in [0.1, 0.15) is 12.4 Å². The molecule has 1 aliphatic rings. The van der Waals surface area contributed by atoms with E-state index >= 15 is 0 Å². The van der Waals surface area contributed by atoms with E-state index in [1.54, 1.807) is 19.0 Å². The second-order valence-electron chi connectivity index (χ2n) is 6.28. The first kappa shape index (κ1) is 19.5. The van der Waals surface area contributed by atoms with Gasteiger partial charge in [0.15, 0.2) is 0 Å². The number of alkyl halides is 3. The lowest BCUT2D eigenvalue weighted by molar-refractivity contribution is -0.137. The van der Waals surface area contributed by atoms with Crippen LogP contribution in [0.25, 0.3) is 0 Å². The van der Waals surface area contributed by atoms with E-state index in [-0.39, 0.29) is 11.7 Å². The highest BCUT2D eigenvalue weighted by Crippen LogP contribution is 2.31. The Morgan fingerprint density at radius 1 is 1.16 bits per heavy atom. The zero-order valence-electron chi connectivity index (χ0n) is 14.6. The van der Waals surface area contributed by atoms with Gasteiger partial charge in [0.25, 0.3) is 0 Å². The molecule has 1 heterocycles. The van der Waals surface area contributed by atoms with Gasteiger partial charge in [-0.15, -0.1) is 0 Å². The quantitative estimate of drug-likeness (QED) is 0.776. The summed E-state index contributed by atoms with van der Waals surface area (Å²) in [5.41, 5.74) is -0.704. The summed E-state index contributed by atoms with van der Waals surface area (Å²) in [6.07, 6.45) is -4.36. The lowest BCUT2D eigenvalue weighted by Crippen LogP contribution is -2.50. The predicted molar refractivity (Wildman–Crippen MR) is 88.5 cm³/mol. The van der Waals surface area contributed by atoms with E-state index in [0.29, 0.717) is 19.7 Å². The summed E-state index contributed by atoms with van der Waals surface area (Å²) in [6, 6.07) is 4.92. The van der Waals surface area contributed by atoms with E-state index in [1.807, 2.05) is 0 Å². The number of rotatable bonds is 6. The van der Waals surface area contributed by atoms with E-state index in [1.165, 1.54) is 12.1 Å². The van der Waals surface area contributed by atoms with E-state index < -0.39 is 11.7 Å². The second-order valence-corrected chi connectivity index (χ2v) is 6.28. The normalized spacial score (nSPS) is 16.7. The molecule has 1 aromatic carbocycles. The highest BCUT2D eigenvalue weighted by atomic mass is 19.4. The zero-order valence-corrected chi connectivity index (χ0v) is 14.6. The monoisotopic (exact) mass is 359 g/mol. The van der Waals surface area contributed by atoms with Crippen LogP contribution in [0.5, 0.6) is 5.75 Å². The van der Waals surface area contributed by atoms with Crippen LogP contribution in [-0.4, -0.2) is 80.6 Å². The first-order valence-corrected chi connectivity index (χ1v) is 8.20. The molecule has 0 unspecified atom stereocenters. The van der Waals surface area contributed by atoms with Crippen LogP contribution in [0.1, 0.15) is 5.56 Å². The van der Waals surface area contributed by atoms with Crippen LogP contribution in [0.2, 0.25) is 0 Å². The van der Waals surface area contributed by atoms with Crippen molar-refractivity contribution in [1.29, 1.82) is 0 Å². The summed E-state index contributed by atoms with van der Waals surface area (Å²) in [6.45, 7) is 4.61. The van der Waals surface area contributed by atoms with Gasteiger partial charge < -0.3 is 9.64 Å². The zero-order chi connectivity index (χ0) is 18.4. The Morgan fingerprint density at radius 2 is 1.80 bits per heavy atom. The number of piperazine rings is 1. The number of amides is 1. The maximum Gasteiger partial charge on any atom is 0.416 e. The molecule has 1 amide bonds. The molecule has 2 rings (SSSR count). The topological polar surface area (TPSA) is 36.0 Å². The van der Waals surface area contributed by atoms with Crippen molar-refractivity contribution in [3.05, 3.63) is 29.8 Å². The first-order chi connectivity index (χ1) is 11.8. The number of ether oxygens (including phenoxy) is 1. The third-order valence-corrected chi connectivity index (χ3v) is 4.16. The smallest absolute Gasteiger partial charge is 0.416 e. The van der Waals surface area contributed by atoms with Gasteiger partial charge in [-0.1, -0.05) is 6.07 Å². The van der Waals surface area contributed by atoms with Crippen molar-refractivity contribution in [2.24, 2.45) is 0 Å². The molecule has 0 aromatic heterocycles. The molecule has 0 bridgehead atoms. The largest absolute Gasteiger partial charge is 0.492 e. The lowest BCUT2D eigenvalue weighted by Gasteiger charge is -2.34. The number of hydrogen-bond donors (Lipinski definition) is 0. The van der Waals surface area contributed by atoms with Crippen molar-refractivity contribution in [2.75, 3.05) is 60.0 Å². The minimum absolute atomic E-state index is 0.0846. The summed E-state index contributed by atoms with van der Waals surface area (Å²) in [5.74, 6) is 0.311. The van der Waals surface area contributed by atoms with Gasteiger partial charge in [-0.05, 0) is 18.2 Å². The number of hydrogen-bond acceptors (Lipinski definition) is 4. The van der Waals surface area contributed by atoms with Crippen molar-refractivity contribution < 1.29 is 22.7 Å². The fraction of sp³-hybridized carbons (Fsp3) is 0.588. The molecule has 0 spiro atoms. The van der Waals surface area contributed by atoms with Crippen molar-refractivity contribution in [3.8, 4) is 5.75 Å². The molecule has 0 aliphatic carbocycles. The fourth-order valence-electron chi connectivity index (χ4n) is 2.56. The summed E-state index contributed by atoms with van der Waals surface area (Å²) in [7, 11) is 3.48. The number of halogens is 3. The van der Waals surface area contributed by atoms with Crippen LogP contribution in [0.4, 0.5) is 13.2 Å². The number of carbonyl (C=O) groups excluding carboxylic acids is 1. The van der Waals surface area contributed by atoms with Crippen LogP contribution in [0.15, 0.2) is 24.3 Å². The number of nitrogens with zero attached hydrogens (tertiary/aromatic N) is 3. The second kappa shape index (κ2) is 8.53. The van der Waals surface area contributed by atoms with Crippen molar-refractivity contribution in [3.63, 3.8) is 0 Å². The predicted octanol–water partition coefficient (Wildman–Crippen LogP) is 1.79. The molecular weight excluding hydrogens is 335 g/mol. The molecule has 1 aliphatic heterocycles. The molecule has 0 radical (unpaired) electrons. The summed E-state index contributed by atoms with van der Waals surface area (Å²) in [4.78, 5) is 17.6. The molecule has 1 saturated heterocycles.